The second-order valence-corrected chi connectivity index (χ2v) is 4.64. The molecule has 1 unspecified atom stereocenters. The molecule has 1 aromatic rings. The Morgan fingerprint density at radius 3 is 2.88 bits per heavy atom. The normalized spacial score (nSPS) is 12.2. The third kappa shape index (κ3) is 5.71. The van der Waals surface area contributed by atoms with Crippen molar-refractivity contribution >= 4 is 23.2 Å². The maximum absolute atomic E-state index is 11.6. The van der Waals surface area contributed by atoms with E-state index in [0.29, 0.717) is 17.5 Å². The zero-order valence-corrected chi connectivity index (χ0v) is 11.1. The number of amides is 1. The van der Waals surface area contributed by atoms with Gasteiger partial charge in [-0.1, -0.05) is 37.9 Å². The summed E-state index contributed by atoms with van der Waals surface area (Å²) in [5, 5.41) is 6.54. The summed E-state index contributed by atoms with van der Waals surface area (Å²) in [5.74, 6) is 0.546. The number of rotatable bonds is 6. The van der Waals surface area contributed by atoms with Gasteiger partial charge >= 0.3 is 0 Å². The summed E-state index contributed by atoms with van der Waals surface area (Å²) in [5.41, 5.74) is 0.729. The Bertz CT molecular complexity index is 368. The highest BCUT2D eigenvalue weighted by Crippen LogP contribution is 2.14. The molecule has 0 spiro atoms. The van der Waals surface area contributed by atoms with Gasteiger partial charge in [0.1, 0.15) is 0 Å². The van der Waals surface area contributed by atoms with Gasteiger partial charge in [-0.05, 0) is 30.7 Å². The quantitative estimate of drug-likeness (QED) is 0.820. The van der Waals surface area contributed by atoms with Crippen molar-refractivity contribution in [3.8, 4) is 0 Å². The molecule has 0 heterocycles. The summed E-state index contributed by atoms with van der Waals surface area (Å²) in [6.45, 7) is 5.48. The molecule has 0 fully saturated rings. The summed E-state index contributed by atoms with van der Waals surface area (Å²) in [7, 11) is 0. The van der Waals surface area contributed by atoms with E-state index in [1.165, 1.54) is 0 Å². The number of hydrogen-bond donors (Lipinski definition) is 2. The van der Waals surface area contributed by atoms with Crippen molar-refractivity contribution < 1.29 is 4.79 Å². The van der Waals surface area contributed by atoms with Gasteiger partial charge < -0.3 is 10.6 Å². The highest BCUT2D eigenvalue weighted by atomic mass is 35.5. The molecule has 94 valence electrons. The van der Waals surface area contributed by atoms with Crippen LogP contribution in [0.2, 0.25) is 5.02 Å². The van der Waals surface area contributed by atoms with Crippen molar-refractivity contribution in [1.29, 1.82) is 0 Å². The molecule has 1 rings (SSSR count). The van der Waals surface area contributed by atoms with Gasteiger partial charge in [0.2, 0.25) is 5.91 Å². The van der Waals surface area contributed by atoms with Crippen LogP contribution in [0.5, 0.6) is 0 Å². The van der Waals surface area contributed by atoms with Gasteiger partial charge in [-0.15, -0.1) is 0 Å². The molecular formula is C13H19ClN2O. The second kappa shape index (κ2) is 7.30. The number of carbonyl (C=O) groups is 1. The van der Waals surface area contributed by atoms with Gasteiger partial charge in [-0.3, -0.25) is 4.79 Å². The number of benzene rings is 1. The van der Waals surface area contributed by atoms with Crippen LogP contribution in [0, 0.1) is 5.92 Å². The summed E-state index contributed by atoms with van der Waals surface area (Å²) in [4.78, 5) is 11.6. The first-order valence-corrected chi connectivity index (χ1v) is 6.25. The Kier molecular flexibility index (Phi) is 6.01. The molecule has 0 aromatic heterocycles. The van der Waals surface area contributed by atoms with Gasteiger partial charge in [0.25, 0.3) is 0 Å². The van der Waals surface area contributed by atoms with Gasteiger partial charge in [-0.25, -0.2) is 0 Å². The zero-order valence-electron chi connectivity index (χ0n) is 10.3. The molecule has 0 saturated carbocycles. The molecule has 1 amide bonds. The SMILES string of the molecule is CCC(C)CNCC(=O)Nc1cccc(Cl)c1. The topological polar surface area (TPSA) is 41.1 Å². The first-order chi connectivity index (χ1) is 8.11. The lowest BCUT2D eigenvalue weighted by Crippen LogP contribution is -2.31. The van der Waals surface area contributed by atoms with Crippen LogP contribution in [0.15, 0.2) is 24.3 Å². The summed E-state index contributed by atoms with van der Waals surface area (Å²) < 4.78 is 0. The van der Waals surface area contributed by atoms with Crippen molar-refractivity contribution in [2.75, 3.05) is 18.4 Å². The predicted molar refractivity (Wildman–Crippen MR) is 72.4 cm³/mol. The first-order valence-electron chi connectivity index (χ1n) is 5.88. The van der Waals surface area contributed by atoms with Crippen molar-refractivity contribution in [3.05, 3.63) is 29.3 Å². The van der Waals surface area contributed by atoms with Crippen LogP contribution >= 0.6 is 11.6 Å². The maximum atomic E-state index is 11.6. The average Bonchev–Trinajstić information content (AvgIpc) is 2.28. The van der Waals surface area contributed by atoms with Crippen LogP contribution in [-0.2, 0) is 4.79 Å². The average molecular weight is 255 g/mol. The van der Waals surface area contributed by atoms with Gasteiger partial charge in [-0.2, -0.15) is 0 Å². The fourth-order valence-corrected chi connectivity index (χ4v) is 1.54. The number of halogens is 1. The smallest absolute Gasteiger partial charge is 0.238 e. The molecule has 0 aliphatic rings. The molecular weight excluding hydrogens is 236 g/mol. The van der Waals surface area contributed by atoms with E-state index in [-0.39, 0.29) is 5.91 Å². The van der Waals surface area contributed by atoms with E-state index in [2.05, 4.69) is 24.5 Å². The Labute approximate surface area is 108 Å². The highest BCUT2D eigenvalue weighted by molar-refractivity contribution is 6.30. The summed E-state index contributed by atoms with van der Waals surface area (Å²) in [6, 6.07) is 7.13. The molecule has 0 aliphatic heterocycles. The fraction of sp³-hybridized carbons (Fsp3) is 0.462. The predicted octanol–water partition coefficient (Wildman–Crippen LogP) is 2.91. The third-order valence-corrected chi connectivity index (χ3v) is 2.82. The molecule has 0 radical (unpaired) electrons. The second-order valence-electron chi connectivity index (χ2n) is 4.20. The first kappa shape index (κ1) is 14.0. The van der Waals surface area contributed by atoms with Crippen molar-refractivity contribution in [1.82, 2.24) is 5.32 Å². The van der Waals surface area contributed by atoms with Crippen molar-refractivity contribution in [2.45, 2.75) is 20.3 Å². The molecule has 0 aliphatic carbocycles. The number of anilines is 1. The number of hydrogen-bond acceptors (Lipinski definition) is 2. The molecule has 1 aromatic carbocycles. The van der Waals surface area contributed by atoms with E-state index < -0.39 is 0 Å². The lowest BCUT2D eigenvalue weighted by atomic mass is 10.1. The van der Waals surface area contributed by atoms with E-state index in [1.807, 2.05) is 12.1 Å². The third-order valence-electron chi connectivity index (χ3n) is 2.58. The Morgan fingerprint density at radius 2 is 2.24 bits per heavy atom. The monoisotopic (exact) mass is 254 g/mol. The minimum Gasteiger partial charge on any atom is -0.325 e. The van der Waals surface area contributed by atoms with Crippen LogP contribution in [0.25, 0.3) is 0 Å². The van der Waals surface area contributed by atoms with E-state index >= 15 is 0 Å². The molecule has 0 bridgehead atoms. The van der Waals surface area contributed by atoms with Crippen molar-refractivity contribution in [3.63, 3.8) is 0 Å². The molecule has 2 N–H and O–H groups in total. The fourth-order valence-electron chi connectivity index (χ4n) is 1.35. The molecule has 3 nitrogen and oxygen atoms in total. The standard InChI is InChI=1S/C13H19ClN2O/c1-3-10(2)8-15-9-13(17)16-12-6-4-5-11(14)7-12/h4-7,10,15H,3,8-9H2,1-2H3,(H,16,17). The van der Waals surface area contributed by atoms with Crippen molar-refractivity contribution in [2.24, 2.45) is 5.92 Å². The van der Waals surface area contributed by atoms with Crippen LogP contribution in [-0.4, -0.2) is 19.0 Å². The van der Waals surface area contributed by atoms with Gasteiger partial charge in [0.15, 0.2) is 0 Å². The highest BCUT2D eigenvalue weighted by Gasteiger charge is 2.03. The zero-order chi connectivity index (χ0) is 12.7. The van der Waals surface area contributed by atoms with Crippen LogP contribution < -0.4 is 10.6 Å². The lowest BCUT2D eigenvalue weighted by Gasteiger charge is -2.10. The summed E-state index contributed by atoms with van der Waals surface area (Å²) in [6.07, 6.45) is 1.11. The minimum absolute atomic E-state index is 0.0458. The minimum atomic E-state index is -0.0458. The van der Waals surface area contributed by atoms with Crippen LogP contribution in [0.1, 0.15) is 20.3 Å². The number of nitrogens with one attached hydrogen (secondary N) is 2. The largest absolute Gasteiger partial charge is 0.325 e. The summed E-state index contributed by atoms with van der Waals surface area (Å²) >= 11 is 5.83. The molecule has 0 saturated heterocycles. The molecule has 1 atom stereocenters. The lowest BCUT2D eigenvalue weighted by molar-refractivity contribution is -0.115. The van der Waals surface area contributed by atoms with E-state index in [4.69, 9.17) is 11.6 Å². The van der Waals surface area contributed by atoms with Gasteiger partial charge in [0, 0.05) is 10.7 Å². The Morgan fingerprint density at radius 1 is 1.47 bits per heavy atom. The molecule has 4 heteroatoms. The van der Waals surface area contributed by atoms with E-state index in [0.717, 1.165) is 18.7 Å². The Hall–Kier alpha value is -1.06. The van der Waals surface area contributed by atoms with Gasteiger partial charge in [0.05, 0.1) is 6.54 Å². The Balaban J connectivity index is 2.30. The van der Waals surface area contributed by atoms with E-state index in [9.17, 15) is 4.79 Å². The van der Waals surface area contributed by atoms with Crippen LogP contribution in [0.4, 0.5) is 5.69 Å². The maximum Gasteiger partial charge on any atom is 0.238 e. The van der Waals surface area contributed by atoms with E-state index in [1.54, 1.807) is 12.1 Å². The number of carbonyl (C=O) groups excluding carboxylic acids is 1. The molecule has 17 heavy (non-hydrogen) atoms. The van der Waals surface area contributed by atoms with Crippen LogP contribution in [0.3, 0.4) is 0 Å².